The molecule has 0 saturated heterocycles. The molecule has 0 aliphatic carbocycles. The predicted octanol–water partition coefficient (Wildman–Crippen LogP) is -1.16. The maximum Gasteiger partial charge on any atom is 0.300 e. The summed E-state index contributed by atoms with van der Waals surface area (Å²) in [7, 11) is -4.49. The quantitative estimate of drug-likeness (QED) is 0.594. The molecular formula is C8H5NO4S. The zero-order chi connectivity index (χ0) is 10.3. The highest BCUT2D eigenvalue weighted by molar-refractivity contribution is 7.96. The molecular weight excluding hydrogens is 206 g/mol. The Morgan fingerprint density at radius 3 is 2.50 bits per heavy atom. The van der Waals surface area contributed by atoms with Crippen LogP contribution in [0, 0.1) is 0 Å². The van der Waals surface area contributed by atoms with Gasteiger partial charge >= 0.3 is 10.1 Å². The lowest BCUT2D eigenvalue weighted by molar-refractivity contribution is -0.112. The van der Waals surface area contributed by atoms with Gasteiger partial charge in [-0.15, -0.1) is 0 Å². The van der Waals surface area contributed by atoms with E-state index >= 15 is 0 Å². The largest absolute Gasteiger partial charge is 0.300 e. The molecule has 1 aromatic carbocycles. The van der Waals surface area contributed by atoms with Gasteiger partial charge in [-0.2, -0.15) is 8.42 Å². The lowest BCUT2D eigenvalue weighted by atomic mass is 10.3. The second-order valence-corrected chi connectivity index (χ2v) is 4.10. The normalized spacial score (nSPS) is 15.2. The fraction of sp³-hybridized carbons (Fsp3) is 0. The van der Waals surface area contributed by atoms with Gasteiger partial charge in [0.1, 0.15) is 0 Å². The van der Waals surface area contributed by atoms with E-state index in [9.17, 15) is 13.2 Å². The van der Waals surface area contributed by atoms with E-state index in [1.165, 1.54) is 12.1 Å². The van der Waals surface area contributed by atoms with Crippen LogP contribution in [0.2, 0.25) is 0 Å². The zero-order valence-corrected chi connectivity index (χ0v) is 7.65. The summed E-state index contributed by atoms with van der Waals surface area (Å²) in [6.45, 7) is 0. The molecule has 14 heavy (non-hydrogen) atoms. The first-order valence-electron chi connectivity index (χ1n) is 3.70. The van der Waals surface area contributed by atoms with Crippen LogP contribution in [0.1, 0.15) is 0 Å². The van der Waals surface area contributed by atoms with E-state index < -0.39 is 20.9 Å². The number of carbonyl (C=O) groups is 1. The van der Waals surface area contributed by atoms with Crippen molar-refractivity contribution in [2.75, 3.05) is 0 Å². The number of nitrogens with zero attached hydrogens (tertiary/aromatic N) is 1. The number of hydrogen-bond donors (Lipinski definition) is 1. The van der Waals surface area contributed by atoms with Gasteiger partial charge in [-0.1, -0.05) is 18.2 Å². The molecule has 1 N–H and O–H groups in total. The SMILES string of the molecule is O=C1N=c2ccccc2=C1S(=O)(=O)O. The van der Waals surface area contributed by atoms with Crippen LogP contribution in [-0.4, -0.2) is 18.9 Å². The fourth-order valence-corrected chi connectivity index (χ4v) is 2.00. The van der Waals surface area contributed by atoms with Gasteiger partial charge < -0.3 is 0 Å². The molecule has 0 atom stereocenters. The van der Waals surface area contributed by atoms with Crippen molar-refractivity contribution in [3.05, 3.63) is 34.8 Å². The third-order valence-electron chi connectivity index (χ3n) is 1.82. The molecule has 1 aromatic rings. The number of amides is 1. The summed E-state index contributed by atoms with van der Waals surface area (Å²) in [6, 6.07) is 6.12. The maximum absolute atomic E-state index is 11.1. The summed E-state index contributed by atoms with van der Waals surface area (Å²) in [5.74, 6) is -0.923. The van der Waals surface area contributed by atoms with Gasteiger partial charge in [-0.05, 0) is 6.07 Å². The first kappa shape index (κ1) is 9.04. The standard InChI is InChI=1S/C8H5NO4S/c10-8-7(14(11,12)13)5-3-1-2-4-6(5)9-8/h1-4H,(H,11,12,13). The van der Waals surface area contributed by atoms with Crippen molar-refractivity contribution in [3.63, 3.8) is 0 Å². The van der Waals surface area contributed by atoms with Crippen molar-refractivity contribution >= 4 is 20.9 Å². The summed E-state index contributed by atoms with van der Waals surface area (Å²) < 4.78 is 30.5. The van der Waals surface area contributed by atoms with Crippen LogP contribution >= 0.6 is 0 Å². The number of para-hydroxylation sites is 1. The van der Waals surface area contributed by atoms with E-state index in [0.717, 1.165) is 0 Å². The van der Waals surface area contributed by atoms with E-state index in [2.05, 4.69) is 4.99 Å². The molecule has 1 heterocycles. The average Bonchev–Trinajstić information content (AvgIpc) is 2.38. The molecule has 0 aromatic heterocycles. The molecule has 5 nitrogen and oxygen atoms in total. The first-order chi connectivity index (χ1) is 6.50. The molecule has 0 radical (unpaired) electrons. The van der Waals surface area contributed by atoms with Crippen LogP contribution in [0.15, 0.2) is 29.3 Å². The first-order valence-corrected chi connectivity index (χ1v) is 5.14. The van der Waals surface area contributed by atoms with Crippen molar-refractivity contribution in [1.29, 1.82) is 0 Å². The Morgan fingerprint density at radius 1 is 1.21 bits per heavy atom. The lowest BCUT2D eigenvalue weighted by Crippen LogP contribution is -2.24. The Labute approximate surface area is 79.2 Å². The average molecular weight is 211 g/mol. The van der Waals surface area contributed by atoms with E-state index in [1.807, 2.05) is 0 Å². The predicted molar refractivity (Wildman–Crippen MR) is 47.2 cm³/mol. The van der Waals surface area contributed by atoms with Crippen LogP contribution in [0.5, 0.6) is 0 Å². The van der Waals surface area contributed by atoms with Crippen molar-refractivity contribution < 1.29 is 17.8 Å². The van der Waals surface area contributed by atoms with Gasteiger partial charge in [0.05, 0.1) is 5.36 Å². The molecule has 1 amide bonds. The smallest absolute Gasteiger partial charge is 0.282 e. The lowest BCUT2D eigenvalue weighted by Gasteiger charge is -1.92. The minimum Gasteiger partial charge on any atom is -0.282 e. The monoisotopic (exact) mass is 211 g/mol. The topological polar surface area (TPSA) is 83.8 Å². The third-order valence-corrected chi connectivity index (χ3v) is 2.73. The molecule has 0 spiro atoms. The molecule has 0 unspecified atom stereocenters. The zero-order valence-electron chi connectivity index (χ0n) is 6.84. The third kappa shape index (κ3) is 1.24. The van der Waals surface area contributed by atoms with E-state index in [-0.39, 0.29) is 10.6 Å². The molecule has 72 valence electrons. The van der Waals surface area contributed by atoms with Gasteiger partial charge in [0.25, 0.3) is 5.91 Å². The summed E-state index contributed by atoms with van der Waals surface area (Å²) in [4.78, 5) is 14.0. The van der Waals surface area contributed by atoms with Crippen molar-refractivity contribution in [2.24, 2.45) is 4.99 Å². The minimum atomic E-state index is -4.49. The Bertz CT molecular complexity index is 630. The Kier molecular flexibility index (Phi) is 1.76. The second kappa shape index (κ2) is 2.73. The summed E-state index contributed by atoms with van der Waals surface area (Å²) in [6.07, 6.45) is 0. The van der Waals surface area contributed by atoms with Gasteiger partial charge in [0.15, 0.2) is 4.91 Å². The van der Waals surface area contributed by atoms with Crippen LogP contribution < -0.4 is 10.6 Å². The fourth-order valence-electron chi connectivity index (χ4n) is 1.29. The molecule has 2 rings (SSSR count). The minimum absolute atomic E-state index is 0.153. The number of fused-ring (bicyclic) bond motifs is 1. The van der Waals surface area contributed by atoms with Crippen molar-refractivity contribution in [2.45, 2.75) is 0 Å². The van der Waals surface area contributed by atoms with Crippen LogP contribution in [0.3, 0.4) is 0 Å². The van der Waals surface area contributed by atoms with Crippen molar-refractivity contribution in [3.8, 4) is 0 Å². The summed E-state index contributed by atoms with van der Waals surface area (Å²) in [5.41, 5.74) is 0. The highest BCUT2D eigenvalue weighted by atomic mass is 32.2. The van der Waals surface area contributed by atoms with Gasteiger partial charge in [0.2, 0.25) is 0 Å². The Hall–Kier alpha value is -1.53. The molecule has 0 fully saturated rings. The highest BCUT2D eigenvalue weighted by Gasteiger charge is 2.26. The number of hydrogen-bond acceptors (Lipinski definition) is 3. The van der Waals surface area contributed by atoms with Crippen LogP contribution in [0.4, 0.5) is 0 Å². The van der Waals surface area contributed by atoms with Gasteiger partial charge in [-0.3, -0.25) is 9.35 Å². The molecule has 1 aliphatic rings. The van der Waals surface area contributed by atoms with Crippen molar-refractivity contribution in [1.82, 2.24) is 0 Å². The summed E-state index contributed by atoms with van der Waals surface area (Å²) >= 11 is 0. The Balaban J connectivity index is 3.01. The van der Waals surface area contributed by atoms with E-state index in [4.69, 9.17) is 4.55 Å². The Morgan fingerprint density at radius 2 is 1.86 bits per heavy atom. The molecule has 0 saturated carbocycles. The molecule has 1 aliphatic heterocycles. The number of rotatable bonds is 1. The highest BCUT2D eigenvalue weighted by Crippen LogP contribution is 2.07. The van der Waals surface area contributed by atoms with Gasteiger partial charge in [-0.25, -0.2) is 4.99 Å². The number of carbonyl (C=O) groups excluding carboxylic acids is 1. The van der Waals surface area contributed by atoms with Crippen LogP contribution in [-0.2, 0) is 14.9 Å². The molecule has 0 bridgehead atoms. The summed E-state index contributed by atoms with van der Waals surface area (Å²) in [5, 5.41) is 0.421. The van der Waals surface area contributed by atoms with E-state index in [1.54, 1.807) is 12.1 Å². The molecule has 6 heteroatoms. The second-order valence-electron chi connectivity index (χ2n) is 2.74. The van der Waals surface area contributed by atoms with Crippen LogP contribution in [0.25, 0.3) is 4.91 Å². The van der Waals surface area contributed by atoms with Gasteiger partial charge in [0, 0.05) is 5.22 Å². The maximum atomic E-state index is 11.1. The van der Waals surface area contributed by atoms with E-state index in [0.29, 0.717) is 0 Å². The number of benzene rings is 1.